The fourth-order valence-corrected chi connectivity index (χ4v) is 2.92. The van der Waals surface area contributed by atoms with Gasteiger partial charge in [0.2, 0.25) is 5.91 Å². The summed E-state index contributed by atoms with van der Waals surface area (Å²) in [6, 6.07) is 0. The normalized spacial score (nSPS) is 23.6. The smallest absolute Gasteiger partial charge is 0.233 e. The van der Waals surface area contributed by atoms with Crippen molar-refractivity contribution < 1.29 is 4.79 Å². The van der Waals surface area contributed by atoms with Crippen LogP contribution in [0.1, 0.15) is 32.6 Å². The summed E-state index contributed by atoms with van der Waals surface area (Å²) < 4.78 is 0. The van der Waals surface area contributed by atoms with E-state index in [1.165, 1.54) is 12.8 Å². The van der Waals surface area contributed by atoms with Gasteiger partial charge in [0.25, 0.3) is 0 Å². The van der Waals surface area contributed by atoms with Crippen LogP contribution < -0.4 is 11.1 Å². The molecule has 0 spiro atoms. The van der Waals surface area contributed by atoms with E-state index in [2.05, 4.69) is 17.1 Å². The summed E-state index contributed by atoms with van der Waals surface area (Å²) in [4.78, 5) is 14.9. The SMILES string of the molecule is CCN1CCC(CNC(=O)C2(C(N)=S)CC2)CC1. The molecule has 2 aliphatic rings. The Morgan fingerprint density at radius 1 is 1.44 bits per heavy atom. The third kappa shape index (κ3) is 2.83. The fraction of sp³-hybridized carbons (Fsp3) is 0.846. The van der Waals surface area contributed by atoms with E-state index in [9.17, 15) is 4.79 Å². The molecule has 1 aliphatic carbocycles. The molecule has 0 aromatic carbocycles. The van der Waals surface area contributed by atoms with Crippen LogP contribution in [0.15, 0.2) is 0 Å². The second-order valence-electron chi connectivity index (χ2n) is 5.53. The number of nitrogens with two attached hydrogens (primary N) is 1. The van der Waals surface area contributed by atoms with Crippen LogP contribution in [0.5, 0.6) is 0 Å². The monoisotopic (exact) mass is 269 g/mol. The van der Waals surface area contributed by atoms with Gasteiger partial charge < -0.3 is 16.0 Å². The Hall–Kier alpha value is -0.680. The average molecular weight is 269 g/mol. The van der Waals surface area contributed by atoms with E-state index < -0.39 is 5.41 Å². The number of nitrogens with one attached hydrogen (secondary N) is 1. The van der Waals surface area contributed by atoms with Crippen LogP contribution in [0.25, 0.3) is 0 Å². The molecule has 3 N–H and O–H groups in total. The molecular weight excluding hydrogens is 246 g/mol. The van der Waals surface area contributed by atoms with Crippen molar-refractivity contribution in [2.75, 3.05) is 26.2 Å². The lowest BCUT2D eigenvalue weighted by atomic mass is 9.96. The largest absolute Gasteiger partial charge is 0.392 e. The first-order valence-corrected chi connectivity index (χ1v) is 7.30. The Morgan fingerprint density at radius 2 is 2.06 bits per heavy atom. The quantitative estimate of drug-likeness (QED) is 0.728. The minimum absolute atomic E-state index is 0.0490. The number of amides is 1. The van der Waals surface area contributed by atoms with E-state index in [1.54, 1.807) is 0 Å². The lowest BCUT2D eigenvalue weighted by Gasteiger charge is -2.31. The molecule has 0 unspecified atom stereocenters. The van der Waals surface area contributed by atoms with E-state index >= 15 is 0 Å². The van der Waals surface area contributed by atoms with Crippen molar-refractivity contribution in [3.05, 3.63) is 0 Å². The molecule has 0 radical (unpaired) electrons. The van der Waals surface area contributed by atoms with Gasteiger partial charge in [0.05, 0.1) is 10.4 Å². The van der Waals surface area contributed by atoms with Gasteiger partial charge in [0.1, 0.15) is 0 Å². The van der Waals surface area contributed by atoms with Crippen molar-refractivity contribution in [3.63, 3.8) is 0 Å². The Morgan fingerprint density at radius 3 is 2.50 bits per heavy atom. The van der Waals surface area contributed by atoms with E-state index in [0.717, 1.165) is 39.0 Å². The highest BCUT2D eigenvalue weighted by Crippen LogP contribution is 2.46. The van der Waals surface area contributed by atoms with Gasteiger partial charge >= 0.3 is 0 Å². The minimum atomic E-state index is -0.501. The number of rotatable bonds is 5. The zero-order chi connectivity index (χ0) is 13.2. The molecule has 1 saturated heterocycles. The Labute approximate surface area is 114 Å². The Kier molecular flexibility index (Phi) is 4.22. The molecule has 0 atom stereocenters. The van der Waals surface area contributed by atoms with Gasteiger partial charge in [-0.2, -0.15) is 0 Å². The molecule has 1 amide bonds. The third-order valence-electron chi connectivity index (χ3n) is 4.36. The van der Waals surface area contributed by atoms with Crippen LogP contribution in [-0.4, -0.2) is 42.0 Å². The van der Waals surface area contributed by atoms with Crippen LogP contribution in [0.2, 0.25) is 0 Å². The molecule has 18 heavy (non-hydrogen) atoms. The molecule has 2 rings (SSSR count). The van der Waals surface area contributed by atoms with Gasteiger partial charge in [-0.15, -0.1) is 0 Å². The van der Waals surface area contributed by atoms with Gasteiger partial charge in [-0.1, -0.05) is 19.1 Å². The first-order chi connectivity index (χ1) is 8.58. The number of hydrogen-bond donors (Lipinski definition) is 2. The molecule has 1 saturated carbocycles. The molecule has 1 heterocycles. The molecule has 0 aromatic rings. The van der Waals surface area contributed by atoms with Crippen molar-refractivity contribution in [2.24, 2.45) is 17.1 Å². The number of likely N-dealkylation sites (tertiary alicyclic amines) is 1. The topological polar surface area (TPSA) is 58.4 Å². The summed E-state index contributed by atoms with van der Waals surface area (Å²) in [5.41, 5.74) is 5.14. The molecule has 0 bridgehead atoms. The van der Waals surface area contributed by atoms with E-state index in [1.807, 2.05) is 0 Å². The molecule has 2 fully saturated rings. The van der Waals surface area contributed by atoms with Crippen molar-refractivity contribution in [2.45, 2.75) is 32.6 Å². The number of carbonyl (C=O) groups is 1. The number of nitrogens with zero attached hydrogens (tertiary/aromatic N) is 1. The molecule has 102 valence electrons. The molecule has 0 aromatic heterocycles. The second-order valence-corrected chi connectivity index (χ2v) is 5.97. The zero-order valence-electron chi connectivity index (χ0n) is 11.1. The minimum Gasteiger partial charge on any atom is -0.392 e. The molecule has 4 nitrogen and oxygen atoms in total. The van der Waals surface area contributed by atoms with Gasteiger partial charge in [0.15, 0.2) is 0 Å². The van der Waals surface area contributed by atoms with Crippen LogP contribution in [-0.2, 0) is 4.79 Å². The van der Waals surface area contributed by atoms with Gasteiger partial charge in [-0.25, -0.2) is 0 Å². The highest BCUT2D eigenvalue weighted by Gasteiger charge is 2.52. The van der Waals surface area contributed by atoms with Gasteiger partial charge in [-0.3, -0.25) is 4.79 Å². The van der Waals surface area contributed by atoms with Crippen molar-refractivity contribution in [3.8, 4) is 0 Å². The van der Waals surface area contributed by atoms with E-state index in [-0.39, 0.29) is 5.91 Å². The molecular formula is C13H23N3OS. The zero-order valence-corrected chi connectivity index (χ0v) is 11.9. The summed E-state index contributed by atoms with van der Waals surface area (Å²) in [5.74, 6) is 0.659. The maximum Gasteiger partial charge on any atom is 0.233 e. The predicted molar refractivity (Wildman–Crippen MR) is 76.3 cm³/mol. The summed E-state index contributed by atoms with van der Waals surface area (Å²) in [6.45, 7) is 6.40. The van der Waals surface area contributed by atoms with Crippen molar-refractivity contribution in [1.29, 1.82) is 0 Å². The van der Waals surface area contributed by atoms with Gasteiger partial charge in [0, 0.05) is 6.54 Å². The fourth-order valence-electron chi connectivity index (χ4n) is 2.62. The summed E-state index contributed by atoms with van der Waals surface area (Å²) in [7, 11) is 0. The van der Waals surface area contributed by atoms with Crippen LogP contribution in [0, 0.1) is 11.3 Å². The maximum atomic E-state index is 12.0. The lowest BCUT2D eigenvalue weighted by molar-refractivity contribution is -0.124. The summed E-state index contributed by atoms with van der Waals surface area (Å²) in [6.07, 6.45) is 3.99. The van der Waals surface area contributed by atoms with Crippen molar-refractivity contribution >= 4 is 23.1 Å². The number of thiocarbonyl (C=S) groups is 1. The number of carbonyl (C=O) groups excluding carboxylic acids is 1. The summed E-state index contributed by atoms with van der Waals surface area (Å²) >= 11 is 4.98. The van der Waals surface area contributed by atoms with Crippen LogP contribution in [0.3, 0.4) is 0 Å². The lowest BCUT2D eigenvalue weighted by Crippen LogP contribution is -2.43. The highest BCUT2D eigenvalue weighted by atomic mass is 32.1. The first kappa shape index (κ1) is 13.7. The van der Waals surface area contributed by atoms with Crippen LogP contribution >= 0.6 is 12.2 Å². The van der Waals surface area contributed by atoms with Crippen molar-refractivity contribution in [1.82, 2.24) is 10.2 Å². The number of hydrogen-bond acceptors (Lipinski definition) is 3. The second kappa shape index (κ2) is 5.53. The third-order valence-corrected chi connectivity index (χ3v) is 4.75. The predicted octanol–water partition coefficient (Wildman–Crippen LogP) is 0.901. The Balaban J connectivity index is 1.73. The van der Waals surface area contributed by atoms with Gasteiger partial charge in [-0.05, 0) is 51.2 Å². The highest BCUT2D eigenvalue weighted by molar-refractivity contribution is 7.80. The molecule has 1 aliphatic heterocycles. The Bertz CT molecular complexity index is 333. The average Bonchev–Trinajstić information content (AvgIpc) is 3.18. The van der Waals surface area contributed by atoms with E-state index in [0.29, 0.717) is 10.9 Å². The van der Waals surface area contributed by atoms with Crippen LogP contribution in [0.4, 0.5) is 0 Å². The summed E-state index contributed by atoms with van der Waals surface area (Å²) in [5, 5.41) is 3.04. The van der Waals surface area contributed by atoms with E-state index in [4.69, 9.17) is 18.0 Å². The maximum absolute atomic E-state index is 12.0. The standard InChI is InChI=1S/C13H23N3OS/c1-2-16-7-3-10(4-8-16)9-15-12(17)13(5-6-13)11(14)18/h10H,2-9H2,1H3,(H2,14,18)(H,15,17). The first-order valence-electron chi connectivity index (χ1n) is 6.89. The number of piperidine rings is 1. The molecule has 5 heteroatoms.